The highest BCUT2D eigenvalue weighted by molar-refractivity contribution is 7.16. The first-order valence-electron chi connectivity index (χ1n) is 5.98. The fourth-order valence-electron chi connectivity index (χ4n) is 1.89. The van der Waals surface area contributed by atoms with Gasteiger partial charge in [-0.25, -0.2) is 10.8 Å². The van der Waals surface area contributed by atoms with Crippen molar-refractivity contribution in [1.82, 2.24) is 9.97 Å². The van der Waals surface area contributed by atoms with Crippen LogP contribution in [0.25, 0.3) is 10.9 Å². The molecule has 4 N–H and O–H groups in total. The number of nitrogen functional groups attached to an aromatic ring is 1. The predicted molar refractivity (Wildman–Crippen MR) is 84.0 cm³/mol. The number of hydrazine groups is 1. The number of hydrogen-bond acceptors (Lipinski definition) is 6. The van der Waals surface area contributed by atoms with Crippen LogP contribution in [0, 0.1) is 0 Å². The standard InChI is InChI=1S/C13H12ClN5S/c14-11-6-5-8(20-11)7-16-12-9-3-1-2-4-10(9)17-13(18-12)19-15/h1-6H,7,15H2,(H2,16,17,18,19). The summed E-state index contributed by atoms with van der Waals surface area (Å²) in [6, 6.07) is 11.6. The summed E-state index contributed by atoms with van der Waals surface area (Å²) in [4.78, 5) is 9.80. The number of thiophene rings is 1. The minimum atomic E-state index is 0.385. The molecular weight excluding hydrogens is 294 g/mol. The smallest absolute Gasteiger partial charge is 0.239 e. The maximum absolute atomic E-state index is 5.92. The Morgan fingerprint density at radius 2 is 2.00 bits per heavy atom. The monoisotopic (exact) mass is 305 g/mol. The molecule has 102 valence electrons. The molecule has 0 saturated carbocycles. The molecule has 0 saturated heterocycles. The van der Waals surface area contributed by atoms with E-state index in [1.807, 2.05) is 36.4 Å². The molecule has 7 heteroatoms. The van der Waals surface area contributed by atoms with Gasteiger partial charge in [-0.05, 0) is 24.3 Å². The Kier molecular flexibility index (Phi) is 3.68. The van der Waals surface area contributed by atoms with Crippen LogP contribution >= 0.6 is 22.9 Å². The zero-order valence-corrected chi connectivity index (χ0v) is 12.0. The van der Waals surface area contributed by atoms with Crippen LogP contribution in [0.15, 0.2) is 36.4 Å². The predicted octanol–water partition coefficient (Wildman–Crippen LogP) is 3.24. The second-order valence-electron chi connectivity index (χ2n) is 4.12. The minimum absolute atomic E-state index is 0.385. The van der Waals surface area contributed by atoms with E-state index < -0.39 is 0 Å². The molecule has 0 unspecified atom stereocenters. The lowest BCUT2D eigenvalue weighted by Crippen LogP contribution is -2.12. The second kappa shape index (κ2) is 5.62. The number of nitrogens with two attached hydrogens (primary N) is 1. The Morgan fingerprint density at radius 1 is 1.15 bits per heavy atom. The molecule has 2 heterocycles. The van der Waals surface area contributed by atoms with Gasteiger partial charge < -0.3 is 5.32 Å². The Bertz CT molecular complexity index is 742. The van der Waals surface area contributed by atoms with Crippen LogP contribution in [0.1, 0.15) is 4.88 Å². The molecule has 0 atom stereocenters. The zero-order valence-electron chi connectivity index (χ0n) is 10.4. The number of anilines is 2. The van der Waals surface area contributed by atoms with Crippen molar-refractivity contribution in [3.05, 3.63) is 45.6 Å². The van der Waals surface area contributed by atoms with Gasteiger partial charge in [0.15, 0.2) is 0 Å². The molecule has 3 rings (SSSR count). The lowest BCUT2D eigenvalue weighted by atomic mass is 10.2. The molecule has 0 aliphatic carbocycles. The molecule has 2 aromatic heterocycles. The van der Waals surface area contributed by atoms with Gasteiger partial charge in [-0.15, -0.1) is 11.3 Å². The number of fused-ring (bicyclic) bond motifs is 1. The van der Waals surface area contributed by atoms with Crippen molar-refractivity contribution >= 4 is 45.6 Å². The zero-order chi connectivity index (χ0) is 13.9. The van der Waals surface area contributed by atoms with Crippen LogP contribution in [-0.4, -0.2) is 9.97 Å². The Balaban J connectivity index is 1.93. The molecular formula is C13H12ClN5S. The van der Waals surface area contributed by atoms with Crippen molar-refractivity contribution in [3.63, 3.8) is 0 Å². The molecule has 20 heavy (non-hydrogen) atoms. The van der Waals surface area contributed by atoms with Gasteiger partial charge in [-0.3, -0.25) is 5.43 Å². The quantitative estimate of drug-likeness (QED) is 0.509. The van der Waals surface area contributed by atoms with E-state index in [-0.39, 0.29) is 0 Å². The van der Waals surface area contributed by atoms with Crippen molar-refractivity contribution < 1.29 is 0 Å². The molecule has 5 nitrogen and oxygen atoms in total. The highest BCUT2D eigenvalue weighted by Gasteiger charge is 2.07. The summed E-state index contributed by atoms with van der Waals surface area (Å²) >= 11 is 7.47. The summed E-state index contributed by atoms with van der Waals surface area (Å²) in [5.74, 6) is 6.53. The van der Waals surface area contributed by atoms with E-state index in [1.165, 1.54) is 0 Å². The van der Waals surface area contributed by atoms with Gasteiger partial charge in [-0.2, -0.15) is 4.98 Å². The van der Waals surface area contributed by atoms with Crippen molar-refractivity contribution in [2.24, 2.45) is 5.84 Å². The summed E-state index contributed by atoms with van der Waals surface area (Å²) in [6.45, 7) is 0.655. The number of hydrogen-bond donors (Lipinski definition) is 3. The fraction of sp³-hybridized carbons (Fsp3) is 0.0769. The number of nitrogens with one attached hydrogen (secondary N) is 2. The van der Waals surface area contributed by atoms with E-state index in [1.54, 1.807) is 11.3 Å². The first kappa shape index (κ1) is 13.1. The van der Waals surface area contributed by atoms with Gasteiger partial charge in [0.1, 0.15) is 5.82 Å². The summed E-state index contributed by atoms with van der Waals surface area (Å²) in [5, 5.41) is 4.25. The third-order valence-electron chi connectivity index (χ3n) is 2.79. The molecule has 0 radical (unpaired) electrons. The van der Waals surface area contributed by atoms with Crippen LogP contribution in [0.3, 0.4) is 0 Å². The Hall–Kier alpha value is -1.89. The maximum Gasteiger partial charge on any atom is 0.239 e. The van der Waals surface area contributed by atoms with Gasteiger partial charge in [-0.1, -0.05) is 23.7 Å². The second-order valence-corrected chi connectivity index (χ2v) is 5.92. The molecule has 3 aromatic rings. The third kappa shape index (κ3) is 2.67. The SMILES string of the molecule is NNc1nc(NCc2ccc(Cl)s2)c2ccccc2n1. The van der Waals surface area contributed by atoms with Crippen LogP contribution in [0.5, 0.6) is 0 Å². The summed E-state index contributed by atoms with van der Waals surface area (Å²) in [6.07, 6.45) is 0. The van der Waals surface area contributed by atoms with Gasteiger partial charge in [0, 0.05) is 10.3 Å². The van der Waals surface area contributed by atoms with Crippen LogP contribution in [0.4, 0.5) is 11.8 Å². The van der Waals surface area contributed by atoms with Gasteiger partial charge in [0.05, 0.1) is 16.4 Å². The van der Waals surface area contributed by atoms with E-state index in [0.717, 1.165) is 25.9 Å². The number of aromatic nitrogens is 2. The number of nitrogens with zero attached hydrogens (tertiary/aromatic N) is 2. The number of rotatable bonds is 4. The fourth-order valence-corrected chi connectivity index (χ4v) is 2.92. The lowest BCUT2D eigenvalue weighted by Gasteiger charge is -2.09. The Labute approximate surface area is 124 Å². The topological polar surface area (TPSA) is 75.9 Å². The average molecular weight is 306 g/mol. The van der Waals surface area contributed by atoms with Crippen LogP contribution < -0.4 is 16.6 Å². The minimum Gasteiger partial charge on any atom is -0.364 e. The normalized spacial score (nSPS) is 10.7. The van der Waals surface area contributed by atoms with Crippen molar-refractivity contribution in [1.29, 1.82) is 0 Å². The highest BCUT2D eigenvalue weighted by Crippen LogP contribution is 2.25. The molecule has 0 fully saturated rings. The van der Waals surface area contributed by atoms with Gasteiger partial charge in [0.2, 0.25) is 5.95 Å². The van der Waals surface area contributed by atoms with Crippen LogP contribution in [-0.2, 0) is 6.54 Å². The van der Waals surface area contributed by atoms with E-state index in [0.29, 0.717) is 12.5 Å². The summed E-state index contributed by atoms with van der Waals surface area (Å²) in [5.41, 5.74) is 3.32. The molecule has 0 amide bonds. The van der Waals surface area contributed by atoms with E-state index in [9.17, 15) is 0 Å². The van der Waals surface area contributed by atoms with Crippen molar-refractivity contribution in [3.8, 4) is 0 Å². The lowest BCUT2D eigenvalue weighted by molar-refractivity contribution is 1.10. The van der Waals surface area contributed by atoms with Crippen LogP contribution in [0.2, 0.25) is 4.34 Å². The number of para-hydroxylation sites is 1. The molecule has 0 spiro atoms. The average Bonchev–Trinajstić information content (AvgIpc) is 2.90. The summed E-state index contributed by atoms with van der Waals surface area (Å²) in [7, 11) is 0. The molecule has 0 bridgehead atoms. The molecule has 1 aromatic carbocycles. The Morgan fingerprint density at radius 3 is 2.75 bits per heavy atom. The van der Waals surface area contributed by atoms with E-state index in [2.05, 4.69) is 20.7 Å². The van der Waals surface area contributed by atoms with Crippen molar-refractivity contribution in [2.45, 2.75) is 6.54 Å². The summed E-state index contributed by atoms with van der Waals surface area (Å²) < 4.78 is 0.777. The van der Waals surface area contributed by atoms with Crippen molar-refractivity contribution in [2.75, 3.05) is 10.7 Å². The largest absolute Gasteiger partial charge is 0.364 e. The number of halogens is 1. The van der Waals surface area contributed by atoms with Gasteiger partial charge in [0.25, 0.3) is 0 Å². The van der Waals surface area contributed by atoms with E-state index >= 15 is 0 Å². The maximum atomic E-state index is 5.92. The third-order valence-corrected chi connectivity index (χ3v) is 4.02. The first-order chi connectivity index (χ1) is 9.76. The highest BCUT2D eigenvalue weighted by atomic mass is 35.5. The molecule has 0 aliphatic rings. The van der Waals surface area contributed by atoms with Gasteiger partial charge >= 0.3 is 0 Å². The number of benzene rings is 1. The first-order valence-corrected chi connectivity index (χ1v) is 7.17. The molecule has 0 aliphatic heterocycles. The van der Waals surface area contributed by atoms with E-state index in [4.69, 9.17) is 17.4 Å².